The summed E-state index contributed by atoms with van der Waals surface area (Å²) in [6.45, 7) is 0. The molecule has 0 bridgehead atoms. The summed E-state index contributed by atoms with van der Waals surface area (Å²) in [5.74, 6) is 0. The smallest absolute Gasteiger partial charge is 0.209 e. The minimum absolute atomic E-state index is 0.148. The first-order chi connectivity index (χ1) is 8.31. The van der Waals surface area contributed by atoms with Crippen LogP contribution in [0.3, 0.4) is 0 Å². The molecule has 1 heterocycles. The first-order valence-electron chi connectivity index (χ1n) is 5.56. The van der Waals surface area contributed by atoms with Crippen molar-refractivity contribution >= 4 is 17.5 Å². The molecule has 0 unspecified atom stereocenters. The van der Waals surface area contributed by atoms with Crippen LogP contribution in [0.4, 0.5) is 0 Å². The van der Waals surface area contributed by atoms with Crippen LogP contribution in [0, 0.1) is 0 Å². The Kier molecular flexibility index (Phi) is 4.13. The van der Waals surface area contributed by atoms with Gasteiger partial charge in [0.25, 0.3) is 0 Å². The van der Waals surface area contributed by atoms with E-state index in [1.807, 2.05) is 0 Å². The van der Waals surface area contributed by atoms with Gasteiger partial charge >= 0.3 is 0 Å². The lowest BCUT2D eigenvalue weighted by molar-refractivity contribution is 0.316. The number of tetrazole rings is 1. The van der Waals surface area contributed by atoms with E-state index in [1.54, 1.807) is 23.5 Å². The molecule has 1 atom stereocenters. The normalized spacial score (nSPS) is 23.6. The van der Waals surface area contributed by atoms with Crippen LogP contribution in [0.25, 0.3) is 0 Å². The number of nitrogens with zero attached hydrogens (tertiary/aromatic N) is 5. The molecular formula is C10H15N5OS. The Bertz CT molecular complexity index is 428. The maximum Gasteiger partial charge on any atom is 0.209 e. The van der Waals surface area contributed by atoms with Crippen LogP contribution >= 0.6 is 11.8 Å². The molecule has 1 aromatic heterocycles. The topological polar surface area (TPSA) is 76.2 Å². The van der Waals surface area contributed by atoms with Crippen molar-refractivity contribution in [2.75, 3.05) is 0 Å². The van der Waals surface area contributed by atoms with E-state index in [0.29, 0.717) is 0 Å². The summed E-state index contributed by atoms with van der Waals surface area (Å²) in [6, 6.07) is 0. The lowest BCUT2D eigenvalue weighted by Gasteiger charge is -2.17. The molecule has 1 N–H and O–H groups in total. The highest BCUT2D eigenvalue weighted by Crippen LogP contribution is 2.27. The monoisotopic (exact) mass is 253 g/mol. The molecule has 0 saturated heterocycles. The second-order valence-electron chi connectivity index (χ2n) is 3.87. The van der Waals surface area contributed by atoms with E-state index in [-0.39, 0.29) is 5.25 Å². The van der Waals surface area contributed by atoms with Crippen LogP contribution < -0.4 is 0 Å². The van der Waals surface area contributed by atoms with Crippen LogP contribution in [0.5, 0.6) is 0 Å². The van der Waals surface area contributed by atoms with Crippen molar-refractivity contribution in [2.45, 2.75) is 36.1 Å². The Labute approximate surface area is 104 Å². The van der Waals surface area contributed by atoms with Gasteiger partial charge in [0.05, 0.1) is 11.0 Å². The van der Waals surface area contributed by atoms with Gasteiger partial charge in [-0.1, -0.05) is 29.1 Å². The highest BCUT2D eigenvalue weighted by Gasteiger charge is 2.21. The maximum absolute atomic E-state index is 9.07. The molecule has 0 aromatic carbocycles. The van der Waals surface area contributed by atoms with E-state index in [0.717, 1.165) is 36.6 Å². The number of hydrogen-bond donors (Lipinski definition) is 1. The number of thioether (sulfide) groups is 1. The quantitative estimate of drug-likeness (QED) is 0.492. The lowest BCUT2D eigenvalue weighted by atomic mass is 10.0. The maximum atomic E-state index is 9.07. The fourth-order valence-electron chi connectivity index (χ4n) is 1.73. The molecule has 0 amide bonds. The third kappa shape index (κ3) is 3.06. The zero-order chi connectivity index (χ0) is 12.1. The van der Waals surface area contributed by atoms with Gasteiger partial charge in [0.15, 0.2) is 0 Å². The highest BCUT2D eigenvalue weighted by molar-refractivity contribution is 8.00. The molecule has 2 rings (SSSR count). The molecular weight excluding hydrogens is 238 g/mol. The molecule has 6 nitrogen and oxygen atoms in total. The molecule has 92 valence electrons. The van der Waals surface area contributed by atoms with Gasteiger partial charge in [-0.05, 0) is 36.1 Å². The molecule has 0 fully saturated rings. The van der Waals surface area contributed by atoms with Crippen molar-refractivity contribution in [2.24, 2.45) is 12.2 Å². The molecule has 17 heavy (non-hydrogen) atoms. The van der Waals surface area contributed by atoms with Crippen LogP contribution in [0.2, 0.25) is 0 Å². The summed E-state index contributed by atoms with van der Waals surface area (Å²) in [4.78, 5) is 0. The van der Waals surface area contributed by atoms with Crippen molar-refractivity contribution in [3.05, 3.63) is 12.2 Å². The molecule has 0 spiro atoms. The lowest BCUT2D eigenvalue weighted by Crippen LogP contribution is -2.19. The van der Waals surface area contributed by atoms with Gasteiger partial charge in [-0.25, -0.2) is 4.68 Å². The first kappa shape index (κ1) is 12.1. The van der Waals surface area contributed by atoms with Crippen molar-refractivity contribution in [1.82, 2.24) is 20.2 Å². The number of allylic oxidation sites excluding steroid dienone is 2. The summed E-state index contributed by atoms with van der Waals surface area (Å²) in [5, 5.41) is 24.7. The Morgan fingerprint density at radius 2 is 2.29 bits per heavy atom. The number of aryl methyl sites for hydroxylation is 1. The van der Waals surface area contributed by atoms with E-state index < -0.39 is 0 Å². The second kappa shape index (κ2) is 5.81. The van der Waals surface area contributed by atoms with Gasteiger partial charge in [0.2, 0.25) is 5.16 Å². The van der Waals surface area contributed by atoms with Crippen LogP contribution in [-0.4, -0.2) is 36.4 Å². The Morgan fingerprint density at radius 1 is 1.47 bits per heavy atom. The predicted octanol–water partition coefficient (Wildman–Crippen LogP) is 1.63. The average molecular weight is 253 g/mol. The standard InChI is InChI=1S/C10H15N5OS/c1-15-10(11-13-14-15)17-9-7-5-3-2-4-6-8(9)12-16/h2-3,9,16H,4-7H2,1H3/b3-2?,12-8+/t9-/m1/s1. The summed E-state index contributed by atoms with van der Waals surface area (Å²) < 4.78 is 1.63. The summed E-state index contributed by atoms with van der Waals surface area (Å²) in [6.07, 6.45) is 7.95. The van der Waals surface area contributed by atoms with Crippen molar-refractivity contribution in [1.29, 1.82) is 0 Å². The minimum atomic E-state index is 0.148. The molecule has 1 aliphatic carbocycles. The number of rotatable bonds is 2. The van der Waals surface area contributed by atoms with E-state index in [2.05, 4.69) is 32.8 Å². The molecule has 1 aromatic rings. The van der Waals surface area contributed by atoms with E-state index in [1.165, 1.54) is 0 Å². The predicted molar refractivity (Wildman–Crippen MR) is 65.3 cm³/mol. The van der Waals surface area contributed by atoms with Gasteiger partial charge in [0.1, 0.15) is 0 Å². The second-order valence-corrected chi connectivity index (χ2v) is 5.04. The largest absolute Gasteiger partial charge is 0.411 e. The molecule has 1 aliphatic rings. The Balaban J connectivity index is 2.11. The summed E-state index contributed by atoms with van der Waals surface area (Å²) >= 11 is 1.56. The van der Waals surface area contributed by atoms with Gasteiger partial charge < -0.3 is 5.21 Å². The SMILES string of the molecule is Cn1nnnc1S[C@@H]1CCC=CCC/C1=N\O. The Hall–Kier alpha value is -1.37. The molecule has 0 radical (unpaired) electrons. The molecule has 0 saturated carbocycles. The van der Waals surface area contributed by atoms with Crippen molar-refractivity contribution < 1.29 is 5.21 Å². The number of hydrogen-bond acceptors (Lipinski definition) is 6. The third-order valence-corrected chi connectivity index (χ3v) is 4.01. The molecule has 7 heteroatoms. The Morgan fingerprint density at radius 3 is 3.00 bits per heavy atom. The third-order valence-electron chi connectivity index (χ3n) is 2.66. The van der Waals surface area contributed by atoms with E-state index in [9.17, 15) is 0 Å². The van der Waals surface area contributed by atoms with Gasteiger partial charge in [-0.15, -0.1) is 5.10 Å². The van der Waals surface area contributed by atoms with Crippen molar-refractivity contribution in [3.8, 4) is 0 Å². The molecule has 0 aliphatic heterocycles. The summed E-state index contributed by atoms with van der Waals surface area (Å²) in [5.41, 5.74) is 0.822. The fourth-order valence-corrected chi connectivity index (χ4v) is 2.81. The number of aromatic nitrogens is 4. The van der Waals surface area contributed by atoms with Crippen LogP contribution in [-0.2, 0) is 7.05 Å². The highest BCUT2D eigenvalue weighted by atomic mass is 32.2. The fraction of sp³-hybridized carbons (Fsp3) is 0.600. The minimum Gasteiger partial charge on any atom is -0.411 e. The zero-order valence-electron chi connectivity index (χ0n) is 9.65. The zero-order valence-corrected chi connectivity index (χ0v) is 10.5. The van der Waals surface area contributed by atoms with Crippen LogP contribution in [0.1, 0.15) is 25.7 Å². The van der Waals surface area contributed by atoms with E-state index in [4.69, 9.17) is 5.21 Å². The van der Waals surface area contributed by atoms with Gasteiger partial charge in [-0.2, -0.15) is 0 Å². The van der Waals surface area contributed by atoms with E-state index >= 15 is 0 Å². The van der Waals surface area contributed by atoms with Gasteiger partial charge in [-0.3, -0.25) is 0 Å². The van der Waals surface area contributed by atoms with Crippen molar-refractivity contribution in [3.63, 3.8) is 0 Å². The summed E-state index contributed by atoms with van der Waals surface area (Å²) in [7, 11) is 1.81. The number of oxime groups is 1. The van der Waals surface area contributed by atoms with Crippen LogP contribution in [0.15, 0.2) is 22.5 Å². The first-order valence-corrected chi connectivity index (χ1v) is 6.44. The van der Waals surface area contributed by atoms with Gasteiger partial charge in [0, 0.05) is 7.05 Å². The average Bonchev–Trinajstić information content (AvgIpc) is 2.69.